The average Bonchev–Trinajstić information content (AvgIpc) is 2.43. The van der Waals surface area contributed by atoms with Crippen LogP contribution in [0.4, 0.5) is 15.8 Å². The lowest BCUT2D eigenvalue weighted by atomic mass is 10.2. The fourth-order valence-electron chi connectivity index (χ4n) is 1.72. The van der Waals surface area contributed by atoms with E-state index >= 15 is 0 Å². The van der Waals surface area contributed by atoms with Crippen LogP contribution in [0.3, 0.4) is 0 Å². The Morgan fingerprint density at radius 3 is 2.48 bits per heavy atom. The number of nitrogens with one attached hydrogen (secondary N) is 1. The highest BCUT2D eigenvalue weighted by Crippen LogP contribution is 2.33. The molecule has 0 heterocycles. The van der Waals surface area contributed by atoms with Gasteiger partial charge in [-0.1, -0.05) is 34.8 Å². The van der Waals surface area contributed by atoms with Gasteiger partial charge in [-0.2, -0.15) is 0 Å². The van der Waals surface area contributed by atoms with Gasteiger partial charge in [-0.25, -0.2) is 4.39 Å². The molecule has 0 aliphatic rings. The highest BCUT2D eigenvalue weighted by molar-refractivity contribution is 6.44. The van der Waals surface area contributed by atoms with Crippen LogP contribution in [-0.4, -0.2) is 4.92 Å². The van der Waals surface area contributed by atoms with Gasteiger partial charge in [-0.15, -0.1) is 0 Å². The first-order chi connectivity index (χ1) is 9.90. The molecular formula is C13H8Cl3FN2O2. The van der Waals surface area contributed by atoms with E-state index < -0.39 is 10.7 Å². The minimum Gasteiger partial charge on any atom is -0.375 e. The molecule has 0 spiro atoms. The molecule has 0 fully saturated rings. The lowest BCUT2D eigenvalue weighted by Crippen LogP contribution is -2.04. The minimum absolute atomic E-state index is 0.0344. The third-order valence-electron chi connectivity index (χ3n) is 2.75. The number of benzene rings is 2. The standard InChI is InChI=1S/C13H8Cl3FN2O2/c14-9-2-3-10(15)13(16)8(9)6-18-11-5-7(17)1-4-12(11)19(20)21/h1-5,18H,6H2. The molecule has 0 saturated carbocycles. The summed E-state index contributed by atoms with van der Waals surface area (Å²) in [6.07, 6.45) is 0. The Hall–Kier alpha value is -1.56. The maximum absolute atomic E-state index is 13.2. The molecule has 0 aliphatic carbocycles. The maximum atomic E-state index is 13.2. The summed E-state index contributed by atoms with van der Waals surface area (Å²) in [6.45, 7) is 0.0719. The number of nitro groups is 1. The molecule has 2 aromatic rings. The fraction of sp³-hybridized carbons (Fsp3) is 0.0769. The lowest BCUT2D eigenvalue weighted by Gasteiger charge is -2.11. The predicted molar refractivity (Wildman–Crippen MR) is 81.9 cm³/mol. The average molecular weight is 350 g/mol. The van der Waals surface area contributed by atoms with E-state index in [0.29, 0.717) is 15.6 Å². The van der Waals surface area contributed by atoms with E-state index in [1.54, 1.807) is 12.1 Å². The smallest absolute Gasteiger partial charge is 0.292 e. The molecule has 0 atom stereocenters. The summed E-state index contributed by atoms with van der Waals surface area (Å²) >= 11 is 17.9. The lowest BCUT2D eigenvalue weighted by molar-refractivity contribution is -0.384. The summed E-state index contributed by atoms with van der Waals surface area (Å²) in [4.78, 5) is 10.3. The van der Waals surface area contributed by atoms with E-state index in [4.69, 9.17) is 34.8 Å². The first-order valence-corrected chi connectivity index (χ1v) is 6.83. The first kappa shape index (κ1) is 15.8. The molecule has 2 rings (SSSR count). The van der Waals surface area contributed by atoms with Crippen LogP contribution in [0.2, 0.25) is 15.1 Å². The monoisotopic (exact) mass is 348 g/mol. The zero-order valence-electron chi connectivity index (χ0n) is 10.4. The molecule has 0 saturated heterocycles. The summed E-state index contributed by atoms with van der Waals surface area (Å²) in [5.41, 5.74) is 0.266. The van der Waals surface area contributed by atoms with Gasteiger partial charge in [-0.3, -0.25) is 10.1 Å². The molecule has 0 radical (unpaired) electrons. The summed E-state index contributed by atoms with van der Waals surface area (Å²) in [5.74, 6) is -0.591. The highest BCUT2D eigenvalue weighted by atomic mass is 35.5. The van der Waals surface area contributed by atoms with Gasteiger partial charge >= 0.3 is 0 Å². The summed E-state index contributed by atoms with van der Waals surface area (Å²) in [5, 5.41) is 14.6. The normalized spacial score (nSPS) is 10.5. The second-order valence-corrected chi connectivity index (χ2v) is 5.29. The minimum atomic E-state index is -0.608. The van der Waals surface area contributed by atoms with Gasteiger partial charge in [0.15, 0.2) is 0 Å². The first-order valence-electron chi connectivity index (χ1n) is 5.70. The number of hydrogen-bond acceptors (Lipinski definition) is 3. The van der Waals surface area contributed by atoms with Crippen LogP contribution in [0.15, 0.2) is 30.3 Å². The molecule has 2 aromatic carbocycles. The molecule has 110 valence electrons. The Morgan fingerprint density at radius 2 is 1.81 bits per heavy atom. The maximum Gasteiger partial charge on any atom is 0.292 e. The molecule has 8 heteroatoms. The van der Waals surface area contributed by atoms with Gasteiger partial charge in [-0.05, 0) is 18.2 Å². The number of nitrogens with zero attached hydrogens (tertiary/aromatic N) is 1. The second kappa shape index (κ2) is 6.47. The quantitative estimate of drug-likeness (QED) is 0.462. The molecule has 0 unspecified atom stereocenters. The Bertz CT molecular complexity index is 710. The van der Waals surface area contributed by atoms with Gasteiger partial charge in [0.25, 0.3) is 5.69 Å². The van der Waals surface area contributed by atoms with E-state index in [0.717, 1.165) is 18.2 Å². The largest absolute Gasteiger partial charge is 0.375 e. The number of halogens is 4. The van der Waals surface area contributed by atoms with Crippen molar-refractivity contribution in [2.45, 2.75) is 6.54 Å². The van der Waals surface area contributed by atoms with Gasteiger partial charge in [0, 0.05) is 29.3 Å². The van der Waals surface area contributed by atoms with E-state index in [9.17, 15) is 14.5 Å². The van der Waals surface area contributed by atoms with Crippen molar-refractivity contribution in [2.75, 3.05) is 5.32 Å². The second-order valence-electron chi connectivity index (χ2n) is 4.09. The Balaban J connectivity index is 2.31. The van der Waals surface area contributed by atoms with Crippen molar-refractivity contribution < 1.29 is 9.31 Å². The Morgan fingerprint density at radius 1 is 1.14 bits per heavy atom. The summed E-state index contributed by atoms with van der Waals surface area (Å²) in [6, 6.07) is 6.24. The van der Waals surface area contributed by atoms with Crippen LogP contribution in [0, 0.1) is 15.9 Å². The van der Waals surface area contributed by atoms with Gasteiger partial charge < -0.3 is 5.32 Å². The topological polar surface area (TPSA) is 55.2 Å². The van der Waals surface area contributed by atoms with E-state index in [-0.39, 0.29) is 22.9 Å². The summed E-state index contributed by atoms with van der Waals surface area (Å²) in [7, 11) is 0. The van der Waals surface area contributed by atoms with E-state index in [1.165, 1.54) is 0 Å². The molecule has 21 heavy (non-hydrogen) atoms. The van der Waals surface area contributed by atoms with E-state index in [1.807, 2.05) is 0 Å². The van der Waals surface area contributed by atoms with E-state index in [2.05, 4.69) is 5.32 Å². The Labute approximate surface area is 134 Å². The number of anilines is 1. The zero-order chi connectivity index (χ0) is 15.6. The molecule has 0 bridgehead atoms. The fourth-order valence-corrected chi connectivity index (χ4v) is 2.41. The van der Waals surface area contributed by atoms with Crippen LogP contribution in [-0.2, 0) is 6.54 Å². The van der Waals surface area contributed by atoms with Gasteiger partial charge in [0.05, 0.1) is 15.0 Å². The Kier molecular flexibility index (Phi) is 4.88. The van der Waals surface area contributed by atoms with Crippen molar-refractivity contribution >= 4 is 46.2 Å². The highest BCUT2D eigenvalue weighted by Gasteiger charge is 2.16. The van der Waals surface area contributed by atoms with Crippen molar-refractivity contribution in [2.24, 2.45) is 0 Å². The van der Waals surface area contributed by atoms with Crippen LogP contribution >= 0.6 is 34.8 Å². The van der Waals surface area contributed by atoms with Crippen LogP contribution in [0.25, 0.3) is 0 Å². The van der Waals surface area contributed by atoms with Gasteiger partial charge in [0.1, 0.15) is 11.5 Å². The molecule has 1 N–H and O–H groups in total. The SMILES string of the molecule is O=[N+]([O-])c1ccc(F)cc1NCc1c(Cl)ccc(Cl)c1Cl. The molecular weight excluding hydrogens is 342 g/mol. The van der Waals surface area contributed by atoms with Crippen molar-refractivity contribution in [1.29, 1.82) is 0 Å². The van der Waals surface area contributed by atoms with Crippen LogP contribution in [0.1, 0.15) is 5.56 Å². The predicted octanol–water partition coefficient (Wildman–Crippen LogP) is 5.31. The number of rotatable bonds is 4. The molecule has 4 nitrogen and oxygen atoms in total. The third kappa shape index (κ3) is 3.56. The van der Waals surface area contributed by atoms with Crippen LogP contribution in [0.5, 0.6) is 0 Å². The number of nitro benzene ring substituents is 1. The molecule has 0 amide bonds. The third-order valence-corrected chi connectivity index (χ3v) is 3.95. The molecule has 0 aromatic heterocycles. The summed E-state index contributed by atoms with van der Waals surface area (Å²) < 4.78 is 13.2. The zero-order valence-corrected chi connectivity index (χ0v) is 12.6. The van der Waals surface area contributed by atoms with Crippen molar-refractivity contribution in [3.05, 3.63) is 66.9 Å². The molecule has 0 aliphatic heterocycles. The number of hydrogen-bond donors (Lipinski definition) is 1. The van der Waals surface area contributed by atoms with Crippen LogP contribution < -0.4 is 5.32 Å². The van der Waals surface area contributed by atoms with Crippen molar-refractivity contribution in [1.82, 2.24) is 0 Å². The van der Waals surface area contributed by atoms with Crippen molar-refractivity contribution in [3.8, 4) is 0 Å². The van der Waals surface area contributed by atoms with Gasteiger partial charge in [0.2, 0.25) is 0 Å². The van der Waals surface area contributed by atoms with Crippen molar-refractivity contribution in [3.63, 3.8) is 0 Å².